The summed E-state index contributed by atoms with van der Waals surface area (Å²) in [5, 5.41) is 0. The summed E-state index contributed by atoms with van der Waals surface area (Å²) >= 11 is 3.32. The predicted octanol–water partition coefficient (Wildman–Crippen LogP) is 5.28. The van der Waals surface area contributed by atoms with Crippen molar-refractivity contribution in [3.05, 3.63) is 69.7 Å². The molecular weight excluding hydrogens is 345 g/mol. The summed E-state index contributed by atoms with van der Waals surface area (Å²) in [6, 6.07) is 12.3. The van der Waals surface area contributed by atoms with Gasteiger partial charge in [0, 0.05) is 16.5 Å². The number of carbonyl (C=O) groups excluding carboxylic acids is 1. The lowest BCUT2D eigenvalue weighted by atomic mass is 9.98. The summed E-state index contributed by atoms with van der Waals surface area (Å²) in [7, 11) is 0. The van der Waals surface area contributed by atoms with Crippen LogP contribution in [-0.2, 0) is 12.6 Å². The Hall–Kier alpha value is -1.62. The van der Waals surface area contributed by atoms with Crippen LogP contribution in [0.4, 0.5) is 13.2 Å². The van der Waals surface area contributed by atoms with Gasteiger partial charge in [-0.2, -0.15) is 13.2 Å². The molecule has 110 valence electrons. The van der Waals surface area contributed by atoms with Gasteiger partial charge in [-0.25, -0.2) is 0 Å². The molecule has 0 aromatic heterocycles. The Morgan fingerprint density at radius 2 is 1.76 bits per heavy atom. The fourth-order valence-electron chi connectivity index (χ4n) is 2.06. The van der Waals surface area contributed by atoms with Gasteiger partial charge in [0.15, 0.2) is 5.78 Å². The third-order valence-corrected chi connectivity index (χ3v) is 3.56. The maximum absolute atomic E-state index is 12.9. The van der Waals surface area contributed by atoms with Crippen LogP contribution in [0.5, 0.6) is 0 Å². The van der Waals surface area contributed by atoms with Gasteiger partial charge in [0.25, 0.3) is 0 Å². The third kappa shape index (κ3) is 4.17. The Balaban J connectivity index is 2.14. The Labute approximate surface area is 128 Å². The molecule has 0 amide bonds. The fraction of sp³-hybridized carbons (Fsp3) is 0.188. The highest BCUT2D eigenvalue weighted by molar-refractivity contribution is 9.10. The van der Waals surface area contributed by atoms with E-state index in [9.17, 15) is 18.0 Å². The Morgan fingerprint density at radius 1 is 1.05 bits per heavy atom. The van der Waals surface area contributed by atoms with Crippen LogP contribution in [0.15, 0.2) is 53.0 Å². The Kier molecular flexibility index (Phi) is 4.83. The number of rotatable bonds is 4. The van der Waals surface area contributed by atoms with E-state index < -0.39 is 17.5 Å². The molecule has 0 atom stereocenters. The molecule has 0 N–H and O–H groups in total. The van der Waals surface area contributed by atoms with Crippen LogP contribution in [0.3, 0.4) is 0 Å². The molecule has 0 aliphatic heterocycles. The largest absolute Gasteiger partial charge is 0.417 e. The summed E-state index contributed by atoms with van der Waals surface area (Å²) < 4.78 is 39.5. The molecule has 0 unspecified atom stereocenters. The second-order valence-electron chi connectivity index (χ2n) is 4.60. The van der Waals surface area contributed by atoms with E-state index in [4.69, 9.17) is 0 Å². The molecule has 21 heavy (non-hydrogen) atoms. The number of Topliss-reactive ketones (excluding diaryl/α,β-unsaturated/α-hetero) is 1. The van der Waals surface area contributed by atoms with Crippen molar-refractivity contribution < 1.29 is 18.0 Å². The molecule has 0 saturated carbocycles. The summed E-state index contributed by atoms with van der Waals surface area (Å²) in [6.07, 6.45) is -4.06. The number of hydrogen-bond acceptors (Lipinski definition) is 1. The standard InChI is InChI=1S/C16H12BrF3O/c17-12-5-3-4-11(10-12)8-9-15(21)13-6-1-2-7-14(13)16(18,19)20/h1-7,10H,8-9H2. The zero-order valence-corrected chi connectivity index (χ0v) is 12.5. The average molecular weight is 357 g/mol. The smallest absolute Gasteiger partial charge is 0.294 e. The van der Waals surface area contributed by atoms with Crippen LogP contribution in [0, 0.1) is 0 Å². The molecule has 5 heteroatoms. The predicted molar refractivity (Wildman–Crippen MR) is 78.2 cm³/mol. The second-order valence-corrected chi connectivity index (χ2v) is 5.51. The lowest BCUT2D eigenvalue weighted by molar-refractivity contribution is -0.137. The number of hydrogen-bond donors (Lipinski definition) is 0. The first kappa shape index (κ1) is 15.8. The van der Waals surface area contributed by atoms with Crippen LogP contribution >= 0.6 is 15.9 Å². The lowest BCUT2D eigenvalue weighted by Crippen LogP contribution is -2.13. The molecular formula is C16H12BrF3O. The Morgan fingerprint density at radius 3 is 2.43 bits per heavy atom. The summed E-state index contributed by atoms with van der Waals surface area (Å²) in [5.74, 6) is -0.497. The minimum atomic E-state index is -4.51. The van der Waals surface area contributed by atoms with Crippen LogP contribution in [0.2, 0.25) is 0 Å². The monoisotopic (exact) mass is 356 g/mol. The van der Waals surface area contributed by atoms with Gasteiger partial charge in [-0.3, -0.25) is 4.79 Å². The van der Waals surface area contributed by atoms with Crippen LogP contribution in [0.1, 0.15) is 27.9 Å². The maximum Gasteiger partial charge on any atom is 0.417 e. The van der Waals surface area contributed by atoms with E-state index in [0.717, 1.165) is 16.1 Å². The van der Waals surface area contributed by atoms with Crippen molar-refractivity contribution in [3.63, 3.8) is 0 Å². The number of benzene rings is 2. The molecule has 0 bridgehead atoms. The zero-order chi connectivity index (χ0) is 15.5. The van der Waals surface area contributed by atoms with E-state index in [1.54, 1.807) is 0 Å². The van der Waals surface area contributed by atoms with Gasteiger partial charge in [-0.05, 0) is 30.2 Å². The Bertz CT molecular complexity index is 650. The van der Waals surface area contributed by atoms with Gasteiger partial charge in [-0.15, -0.1) is 0 Å². The van der Waals surface area contributed by atoms with Gasteiger partial charge >= 0.3 is 6.18 Å². The van der Waals surface area contributed by atoms with Crippen molar-refractivity contribution in [1.82, 2.24) is 0 Å². The first-order chi connectivity index (χ1) is 9.88. The van der Waals surface area contributed by atoms with Crippen LogP contribution in [0.25, 0.3) is 0 Å². The molecule has 0 fully saturated rings. The van der Waals surface area contributed by atoms with Gasteiger partial charge in [0.2, 0.25) is 0 Å². The van der Waals surface area contributed by atoms with Gasteiger partial charge in [-0.1, -0.05) is 46.3 Å². The third-order valence-electron chi connectivity index (χ3n) is 3.06. The van der Waals surface area contributed by atoms with E-state index in [1.165, 1.54) is 18.2 Å². The van der Waals surface area contributed by atoms with Gasteiger partial charge < -0.3 is 0 Å². The van der Waals surface area contributed by atoms with Crippen LogP contribution in [-0.4, -0.2) is 5.78 Å². The molecule has 0 radical (unpaired) electrons. The summed E-state index contributed by atoms with van der Waals surface area (Å²) in [5.41, 5.74) is -0.230. The molecule has 0 heterocycles. The molecule has 2 aromatic rings. The molecule has 0 saturated heterocycles. The number of ketones is 1. The van der Waals surface area contributed by atoms with Crippen molar-refractivity contribution in [2.45, 2.75) is 19.0 Å². The average Bonchev–Trinajstić information content (AvgIpc) is 2.44. The fourth-order valence-corrected chi connectivity index (χ4v) is 2.51. The highest BCUT2D eigenvalue weighted by atomic mass is 79.9. The van der Waals surface area contributed by atoms with Gasteiger partial charge in [0.1, 0.15) is 0 Å². The summed E-state index contributed by atoms with van der Waals surface area (Å²) in [6.45, 7) is 0. The topological polar surface area (TPSA) is 17.1 Å². The van der Waals surface area contributed by atoms with E-state index in [0.29, 0.717) is 6.42 Å². The SMILES string of the molecule is O=C(CCc1cccc(Br)c1)c1ccccc1C(F)(F)F. The lowest BCUT2D eigenvalue weighted by Gasteiger charge is -2.11. The second kappa shape index (κ2) is 6.43. The highest BCUT2D eigenvalue weighted by Crippen LogP contribution is 2.32. The van der Waals surface area contributed by atoms with E-state index in [1.807, 2.05) is 24.3 Å². The first-order valence-electron chi connectivity index (χ1n) is 6.32. The van der Waals surface area contributed by atoms with Gasteiger partial charge in [0.05, 0.1) is 5.56 Å². The minimum Gasteiger partial charge on any atom is -0.294 e. The van der Waals surface area contributed by atoms with E-state index in [2.05, 4.69) is 15.9 Å². The summed E-state index contributed by atoms with van der Waals surface area (Å²) in [4.78, 5) is 12.1. The molecule has 2 rings (SSSR count). The zero-order valence-electron chi connectivity index (χ0n) is 11.0. The number of carbonyl (C=O) groups is 1. The van der Waals surface area contributed by atoms with E-state index >= 15 is 0 Å². The normalized spacial score (nSPS) is 11.4. The van der Waals surface area contributed by atoms with Crippen molar-refractivity contribution in [2.75, 3.05) is 0 Å². The molecule has 2 aromatic carbocycles. The van der Waals surface area contributed by atoms with Crippen molar-refractivity contribution in [2.24, 2.45) is 0 Å². The van der Waals surface area contributed by atoms with Crippen molar-refractivity contribution in [3.8, 4) is 0 Å². The molecule has 0 aliphatic rings. The minimum absolute atomic E-state index is 0.0452. The number of alkyl halides is 3. The van der Waals surface area contributed by atoms with Crippen molar-refractivity contribution in [1.29, 1.82) is 0 Å². The quantitative estimate of drug-likeness (QED) is 0.680. The maximum atomic E-state index is 12.9. The molecule has 0 spiro atoms. The first-order valence-corrected chi connectivity index (χ1v) is 7.11. The van der Waals surface area contributed by atoms with Crippen LogP contribution < -0.4 is 0 Å². The highest BCUT2D eigenvalue weighted by Gasteiger charge is 2.34. The van der Waals surface area contributed by atoms with E-state index in [-0.39, 0.29) is 12.0 Å². The number of aryl methyl sites for hydroxylation is 1. The molecule has 0 aliphatic carbocycles. The van der Waals surface area contributed by atoms with Crippen molar-refractivity contribution >= 4 is 21.7 Å². The number of halogens is 4. The molecule has 1 nitrogen and oxygen atoms in total.